The average molecular weight is 378 g/mol. The molecule has 7 heteroatoms. The number of hydrogen-bond acceptors (Lipinski definition) is 6. The molecule has 1 aromatic carbocycles. The number of pyridine rings is 1. The molecule has 2 aromatic heterocycles. The van der Waals surface area contributed by atoms with Crippen LogP contribution in [0.4, 0.5) is 0 Å². The lowest BCUT2D eigenvalue weighted by Gasteiger charge is -2.17. The highest BCUT2D eigenvalue weighted by atomic mass is 16.5. The van der Waals surface area contributed by atoms with Crippen molar-refractivity contribution in [2.45, 2.75) is 19.9 Å². The SMILES string of the molecule is COc1cccc(/C=C/C(=O)NC(c2nc(-c3ccncc3)no2)C(C)C)c1. The molecule has 2 heterocycles. The van der Waals surface area contributed by atoms with Gasteiger partial charge in [0.25, 0.3) is 0 Å². The molecule has 1 N–H and O–H groups in total. The summed E-state index contributed by atoms with van der Waals surface area (Å²) in [4.78, 5) is 20.8. The van der Waals surface area contributed by atoms with E-state index < -0.39 is 6.04 Å². The maximum absolute atomic E-state index is 12.4. The second kappa shape index (κ2) is 8.94. The molecule has 7 nitrogen and oxygen atoms in total. The first-order chi connectivity index (χ1) is 13.6. The molecule has 0 aliphatic rings. The molecule has 1 unspecified atom stereocenters. The number of ether oxygens (including phenoxy) is 1. The first-order valence-corrected chi connectivity index (χ1v) is 8.93. The number of carbonyl (C=O) groups is 1. The van der Waals surface area contributed by atoms with Gasteiger partial charge in [-0.1, -0.05) is 31.1 Å². The molecule has 0 saturated heterocycles. The van der Waals surface area contributed by atoms with Crippen LogP contribution in [-0.2, 0) is 4.79 Å². The van der Waals surface area contributed by atoms with Crippen LogP contribution in [0.15, 0.2) is 59.4 Å². The zero-order valence-corrected chi connectivity index (χ0v) is 16.0. The normalized spacial score (nSPS) is 12.3. The largest absolute Gasteiger partial charge is 0.497 e. The van der Waals surface area contributed by atoms with Crippen LogP contribution in [0.1, 0.15) is 31.3 Å². The van der Waals surface area contributed by atoms with Crippen molar-refractivity contribution in [1.82, 2.24) is 20.4 Å². The number of amides is 1. The predicted molar refractivity (Wildman–Crippen MR) is 105 cm³/mol. The van der Waals surface area contributed by atoms with Crippen LogP contribution in [0.25, 0.3) is 17.5 Å². The van der Waals surface area contributed by atoms with Gasteiger partial charge in [0.05, 0.1) is 7.11 Å². The number of nitrogens with one attached hydrogen (secondary N) is 1. The molecule has 1 amide bonds. The van der Waals surface area contributed by atoms with Crippen molar-refractivity contribution in [2.24, 2.45) is 5.92 Å². The second-order valence-electron chi connectivity index (χ2n) is 6.53. The maximum Gasteiger partial charge on any atom is 0.249 e. The molecular weight excluding hydrogens is 356 g/mol. The summed E-state index contributed by atoms with van der Waals surface area (Å²) in [5, 5.41) is 6.94. The minimum atomic E-state index is -0.398. The Bertz CT molecular complexity index is 951. The van der Waals surface area contributed by atoms with E-state index in [9.17, 15) is 4.79 Å². The first-order valence-electron chi connectivity index (χ1n) is 8.93. The van der Waals surface area contributed by atoms with E-state index in [0.717, 1.165) is 16.9 Å². The van der Waals surface area contributed by atoms with E-state index in [0.29, 0.717) is 11.7 Å². The molecule has 0 radical (unpaired) electrons. The molecule has 1 atom stereocenters. The topological polar surface area (TPSA) is 90.1 Å². The fourth-order valence-electron chi connectivity index (χ4n) is 2.61. The highest BCUT2D eigenvalue weighted by molar-refractivity contribution is 5.92. The molecular formula is C21H22N4O3. The number of benzene rings is 1. The van der Waals surface area contributed by atoms with E-state index in [1.54, 1.807) is 37.7 Å². The molecule has 0 saturated carbocycles. The number of carbonyl (C=O) groups excluding carboxylic acids is 1. The van der Waals surface area contributed by atoms with Gasteiger partial charge in [-0.05, 0) is 41.8 Å². The summed E-state index contributed by atoms with van der Waals surface area (Å²) in [6.07, 6.45) is 6.53. The van der Waals surface area contributed by atoms with Crippen molar-refractivity contribution in [3.8, 4) is 17.1 Å². The Balaban J connectivity index is 1.71. The van der Waals surface area contributed by atoms with Gasteiger partial charge in [0.15, 0.2) is 0 Å². The monoisotopic (exact) mass is 378 g/mol. The van der Waals surface area contributed by atoms with Gasteiger partial charge < -0.3 is 14.6 Å². The van der Waals surface area contributed by atoms with Crippen LogP contribution in [-0.4, -0.2) is 28.1 Å². The van der Waals surface area contributed by atoms with Gasteiger partial charge in [0, 0.05) is 24.0 Å². The number of methoxy groups -OCH3 is 1. The summed E-state index contributed by atoms with van der Waals surface area (Å²) >= 11 is 0. The summed E-state index contributed by atoms with van der Waals surface area (Å²) in [6.45, 7) is 3.96. The third kappa shape index (κ3) is 4.82. The van der Waals surface area contributed by atoms with Crippen molar-refractivity contribution < 1.29 is 14.1 Å². The lowest BCUT2D eigenvalue weighted by molar-refractivity contribution is -0.117. The van der Waals surface area contributed by atoms with Crippen molar-refractivity contribution >= 4 is 12.0 Å². The van der Waals surface area contributed by atoms with Crippen LogP contribution in [0.3, 0.4) is 0 Å². The van der Waals surface area contributed by atoms with Crippen molar-refractivity contribution in [1.29, 1.82) is 0 Å². The van der Waals surface area contributed by atoms with E-state index >= 15 is 0 Å². The van der Waals surface area contributed by atoms with Gasteiger partial charge in [-0.3, -0.25) is 9.78 Å². The molecule has 144 valence electrons. The second-order valence-corrected chi connectivity index (χ2v) is 6.53. The highest BCUT2D eigenvalue weighted by Crippen LogP contribution is 2.23. The highest BCUT2D eigenvalue weighted by Gasteiger charge is 2.24. The van der Waals surface area contributed by atoms with Gasteiger partial charge >= 0.3 is 0 Å². The van der Waals surface area contributed by atoms with Gasteiger partial charge in [-0.15, -0.1) is 0 Å². The Morgan fingerprint density at radius 3 is 2.71 bits per heavy atom. The third-order valence-corrected chi connectivity index (χ3v) is 4.13. The van der Waals surface area contributed by atoms with Crippen molar-refractivity contribution in [3.05, 3.63) is 66.3 Å². The molecule has 3 rings (SSSR count). The van der Waals surface area contributed by atoms with Gasteiger partial charge in [-0.2, -0.15) is 4.98 Å². The smallest absolute Gasteiger partial charge is 0.249 e. The zero-order chi connectivity index (χ0) is 19.9. The summed E-state index contributed by atoms with van der Waals surface area (Å²) in [5.74, 6) is 1.39. The Hall–Kier alpha value is -3.48. The lowest BCUT2D eigenvalue weighted by Crippen LogP contribution is -2.30. The predicted octanol–water partition coefficient (Wildman–Crippen LogP) is 3.67. The minimum absolute atomic E-state index is 0.0694. The molecule has 0 aliphatic carbocycles. The first kappa shape index (κ1) is 19.3. The number of nitrogens with zero attached hydrogens (tertiary/aromatic N) is 3. The van der Waals surface area contributed by atoms with Crippen molar-refractivity contribution in [3.63, 3.8) is 0 Å². The molecule has 0 fully saturated rings. The number of rotatable bonds is 7. The van der Waals surface area contributed by atoms with Gasteiger partial charge in [0.1, 0.15) is 11.8 Å². The zero-order valence-electron chi connectivity index (χ0n) is 16.0. The molecule has 0 spiro atoms. The number of aromatic nitrogens is 3. The molecule has 28 heavy (non-hydrogen) atoms. The quantitative estimate of drug-likeness (QED) is 0.631. The standard InChI is InChI=1S/C21H22N4O3/c1-14(2)19(21-24-20(25-28-21)16-9-11-22-12-10-16)23-18(26)8-7-15-5-4-6-17(13-15)27-3/h4-14,19H,1-3H3,(H,23,26)/b8-7+. The lowest BCUT2D eigenvalue weighted by atomic mass is 10.0. The average Bonchev–Trinajstić information content (AvgIpc) is 3.21. The fraction of sp³-hybridized carbons (Fsp3) is 0.238. The molecule has 0 aliphatic heterocycles. The van der Waals surface area contributed by atoms with Crippen molar-refractivity contribution in [2.75, 3.05) is 7.11 Å². The van der Waals surface area contributed by atoms with Crippen LogP contribution >= 0.6 is 0 Å². The summed E-state index contributed by atoms with van der Waals surface area (Å²) in [6, 6.07) is 10.7. The van der Waals surface area contributed by atoms with Gasteiger partial charge in [0.2, 0.25) is 17.6 Å². The summed E-state index contributed by atoms with van der Waals surface area (Å²) < 4.78 is 10.6. The Morgan fingerprint density at radius 2 is 2.00 bits per heavy atom. The van der Waals surface area contributed by atoms with Crippen LogP contribution in [0.5, 0.6) is 5.75 Å². The molecule has 0 bridgehead atoms. The van der Waals surface area contributed by atoms with Crippen LogP contribution < -0.4 is 10.1 Å². The Kier molecular flexibility index (Phi) is 6.16. The fourth-order valence-corrected chi connectivity index (χ4v) is 2.61. The van der Waals surface area contributed by atoms with E-state index in [4.69, 9.17) is 9.26 Å². The van der Waals surface area contributed by atoms with Gasteiger partial charge in [-0.25, -0.2) is 0 Å². The maximum atomic E-state index is 12.4. The number of hydrogen-bond donors (Lipinski definition) is 1. The minimum Gasteiger partial charge on any atom is -0.497 e. The van der Waals surface area contributed by atoms with E-state index in [1.807, 2.05) is 38.1 Å². The van der Waals surface area contributed by atoms with E-state index in [2.05, 4.69) is 20.4 Å². The van der Waals surface area contributed by atoms with Crippen LogP contribution in [0, 0.1) is 5.92 Å². The van der Waals surface area contributed by atoms with E-state index in [-0.39, 0.29) is 11.8 Å². The Labute approximate surface area is 163 Å². The van der Waals surface area contributed by atoms with Crippen LogP contribution in [0.2, 0.25) is 0 Å². The summed E-state index contributed by atoms with van der Waals surface area (Å²) in [7, 11) is 1.60. The molecule has 3 aromatic rings. The third-order valence-electron chi connectivity index (χ3n) is 4.13. The summed E-state index contributed by atoms with van der Waals surface area (Å²) in [5.41, 5.74) is 1.67. The van der Waals surface area contributed by atoms with E-state index in [1.165, 1.54) is 6.08 Å². The Morgan fingerprint density at radius 1 is 1.21 bits per heavy atom.